The van der Waals surface area contributed by atoms with E-state index >= 15 is 0 Å². The highest BCUT2D eigenvalue weighted by atomic mass is 16.5. The van der Waals surface area contributed by atoms with Crippen molar-refractivity contribution in [2.75, 3.05) is 0 Å². The van der Waals surface area contributed by atoms with E-state index < -0.39 is 18.0 Å². The van der Waals surface area contributed by atoms with Crippen LogP contribution in [0.3, 0.4) is 0 Å². The summed E-state index contributed by atoms with van der Waals surface area (Å²) < 4.78 is 8.81. The van der Waals surface area contributed by atoms with E-state index in [0.29, 0.717) is 0 Å². The minimum Gasteiger partial charge on any atom is -0.459 e. The minimum atomic E-state index is -0.744. The highest BCUT2D eigenvalue weighted by molar-refractivity contribution is 5.88. The van der Waals surface area contributed by atoms with Crippen molar-refractivity contribution >= 4 is 11.9 Å². The number of carbonyl (C=O) groups excluding carboxylic acids is 2. The first-order chi connectivity index (χ1) is 6.47. The number of carbonyl (C=O) groups is 2. The predicted octanol–water partition coefficient (Wildman–Crippen LogP) is 0.909. The first-order valence-corrected chi connectivity index (χ1v) is 3.93. The summed E-state index contributed by atoms with van der Waals surface area (Å²) in [7, 11) is 0. The van der Waals surface area contributed by atoms with Crippen LogP contribution < -0.4 is 0 Å². The Balaban J connectivity index is 4.29. The average molecular weight is 197 g/mol. The summed E-state index contributed by atoms with van der Waals surface area (Å²) >= 11 is 0. The summed E-state index contributed by atoms with van der Waals surface area (Å²) in [5, 5.41) is 8.06. The Hall–Kier alpha value is -1.83. The van der Waals surface area contributed by atoms with Crippen molar-refractivity contribution < 1.29 is 19.1 Å². The molecule has 0 heterocycles. The predicted molar refractivity (Wildman–Crippen MR) is 46.7 cm³/mol. The lowest BCUT2D eigenvalue weighted by molar-refractivity contribution is -0.143. The Labute approximate surface area is 81.9 Å². The molecule has 0 bridgehead atoms. The van der Waals surface area contributed by atoms with Gasteiger partial charge in [0, 0.05) is 12.5 Å². The van der Waals surface area contributed by atoms with E-state index in [1.54, 1.807) is 6.92 Å². The van der Waals surface area contributed by atoms with E-state index in [0.717, 1.165) is 0 Å². The van der Waals surface area contributed by atoms with Crippen molar-refractivity contribution in [3.63, 3.8) is 0 Å². The van der Waals surface area contributed by atoms with E-state index in [4.69, 9.17) is 10.00 Å². The molecule has 0 saturated carbocycles. The molecule has 0 saturated heterocycles. The van der Waals surface area contributed by atoms with Crippen LogP contribution in [0.15, 0.2) is 11.6 Å². The van der Waals surface area contributed by atoms with Crippen molar-refractivity contribution in [2.24, 2.45) is 0 Å². The quantitative estimate of drug-likeness (QED) is 0.382. The van der Waals surface area contributed by atoms with E-state index in [1.807, 2.05) is 0 Å². The summed E-state index contributed by atoms with van der Waals surface area (Å²) in [6.45, 7) is 4.34. The van der Waals surface area contributed by atoms with Gasteiger partial charge in [0.05, 0.1) is 0 Å². The molecule has 0 N–H and O–H groups in total. The molecule has 5 nitrogen and oxygen atoms in total. The van der Waals surface area contributed by atoms with Crippen molar-refractivity contribution in [1.29, 1.82) is 5.26 Å². The van der Waals surface area contributed by atoms with Gasteiger partial charge in [0.15, 0.2) is 0 Å². The second-order valence-electron chi connectivity index (χ2n) is 2.65. The summed E-state index contributed by atoms with van der Waals surface area (Å²) in [6.07, 6.45) is 2.15. The second kappa shape index (κ2) is 5.75. The van der Waals surface area contributed by atoms with Crippen molar-refractivity contribution in [2.45, 2.75) is 26.9 Å². The third-order valence-electron chi connectivity index (χ3n) is 1.30. The van der Waals surface area contributed by atoms with Gasteiger partial charge in [0.2, 0.25) is 0 Å². The van der Waals surface area contributed by atoms with Crippen molar-refractivity contribution in [3.05, 3.63) is 11.6 Å². The fourth-order valence-electron chi connectivity index (χ4n) is 0.838. The molecular weight excluding hydrogens is 186 g/mol. The van der Waals surface area contributed by atoms with Crippen LogP contribution in [0.2, 0.25) is 0 Å². The SMILES string of the molecule is CC(=O)OC(C)C=C(C)C(=O)OC#N. The van der Waals surface area contributed by atoms with Gasteiger partial charge in [-0.25, -0.2) is 4.79 Å². The van der Waals surface area contributed by atoms with Gasteiger partial charge in [0.1, 0.15) is 6.10 Å². The Bertz CT molecular complexity index is 300. The molecule has 0 aromatic rings. The van der Waals surface area contributed by atoms with Crippen LogP contribution in [0.5, 0.6) is 0 Å². The molecule has 76 valence electrons. The van der Waals surface area contributed by atoms with Crippen molar-refractivity contribution in [1.82, 2.24) is 0 Å². The molecule has 0 aliphatic carbocycles. The number of esters is 2. The number of hydrogen-bond acceptors (Lipinski definition) is 5. The molecule has 1 atom stereocenters. The third kappa shape index (κ3) is 4.93. The lowest BCUT2D eigenvalue weighted by atomic mass is 10.2. The largest absolute Gasteiger partial charge is 0.459 e. The van der Waals surface area contributed by atoms with E-state index in [-0.39, 0.29) is 5.57 Å². The summed E-state index contributed by atoms with van der Waals surface area (Å²) in [6, 6.07) is 0. The van der Waals surface area contributed by atoms with Crippen LogP contribution in [0.1, 0.15) is 20.8 Å². The summed E-state index contributed by atoms with van der Waals surface area (Å²) in [4.78, 5) is 21.4. The lowest BCUT2D eigenvalue weighted by Gasteiger charge is -2.07. The molecular formula is C9H11NO4. The Kier molecular flexibility index (Phi) is 5.00. The normalized spacial score (nSPS) is 12.6. The standard InChI is InChI=1S/C9H11NO4/c1-6(9(12)13-5-10)4-7(2)14-8(3)11/h4,7H,1-3H3. The highest BCUT2D eigenvalue weighted by Gasteiger charge is 2.08. The van der Waals surface area contributed by atoms with Crippen LogP contribution in [0.4, 0.5) is 0 Å². The summed E-state index contributed by atoms with van der Waals surface area (Å²) in [5.74, 6) is -1.18. The fraction of sp³-hybridized carbons (Fsp3) is 0.444. The van der Waals surface area contributed by atoms with E-state index in [9.17, 15) is 9.59 Å². The van der Waals surface area contributed by atoms with Gasteiger partial charge in [-0.3, -0.25) is 4.79 Å². The first kappa shape index (κ1) is 12.2. The molecule has 5 heteroatoms. The van der Waals surface area contributed by atoms with Gasteiger partial charge in [-0.1, -0.05) is 0 Å². The molecule has 0 aromatic heterocycles. The van der Waals surface area contributed by atoms with Crippen LogP contribution in [-0.4, -0.2) is 18.0 Å². The summed E-state index contributed by atoms with van der Waals surface area (Å²) in [5.41, 5.74) is 0.223. The van der Waals surface area contributed by atoms with Crippen molar-refractivity contribution in [3.8, 4) is 6.26 Å². The number of ether oxygens (including phenoxy) is 2. The molecule has 0 radical (unpaired) electrons. The van der Waals surface area contributed by atoms with Crippen LogP contribution in [0, 0.1) is 11.5 Å². The average Bonchev–Trinajstić information content (AvgIpc) is 2.02. The zero-order chi connectivity index (χ0) is 11.1. The molecule has 0 spiro atoms. The second-order valence-corrected chi connectivity index (χ2v) is 2.65. The highest BCUT2D eigenvalue weighted by Crippen LogP contribution is 2.02. The molecule has 0 amide bonds. The molecule has 0 aromatic carbocycles. The van der Waals surface area contributed by atoms with E-state index in [2.05, 4.69) is 4.74 Å². The number of hydrogen-bond donors (Lipinski definition) is 0. The monoisotopic (exact) mass is 197 g/mol. The minimum absolute atomic E-state index is 0.223. The number of nitrogens with zero attached hydrogens (tertiary/aromatic N) is 1. The maximum Gasteiger partial charge on any atom is 0.348 e. The van der Waals surface area contributed by atoms with Gasteiger partial charge >= 0.3 is 11.9 Å². The Morgan fingerprint density at radius 1 is 1.43 bits per heavy atom. The Morgan fingerprint density at radius 2 is 2.00 bits per heavy atom. The van der Waals surface area contributed by atoms with Crippen LogP contribution in [0.25, 0.3) is 0 Å². The molecule has 1 unspecified atom stereocenters. The third-order valence-corrected chi connectivity index (χ3v) is 1.30. The van der Waals surface area contributed by atoms with Gasteiger partial charge in [-0.2, -0.15) is 0 Å². The maximum absolute atomic E-state index is 10.9. The fourth-order valence-corrected chi connectivity index (χ4v) is 0.838. The smallest absolute Gasteiger partial charge is 0.348 e. The maximum atomic E-state index is 10.9. The van der Waals surface area contributed by atoms with Crippen LogP contribution in [-0.2, 0) is 19.1 Å². The zero-order valence-electron chi connectivity index (χ0n) is 8.23. The van der Waals surface area contributed by atoms with Crippen LogP contribution >= 0.6 is 0 Å². The molecule has 0 aliphatic rings. The molecule has 0 rings (SSSR count). The van der Waals surface area contributed by atoms with Gasteiger partial charge < -0.3 is 9.47 Å². The Morgan fingerprint density at radius 3 is 2.43 bits per heavy atom. The molecule has 14 heavy (non-hydrogen) atoms. The van der Waals surface area contributed by atoms with E-state index in [1.165, 1.54) is 26.2 Å². The number of nitriles is 1. The molecule has 0 aliphatic heterocycles. The zero-order valence-corrected chi connectivity index (χ0v) is 8.23. The van der Waals surface area contributed by atoms with Gasteiger partial charge in [0.25, 0.3) is 6.26 Å². The molecule has 0 fully saturated rings. The lowest BCUT2D eigenvalue weighted by Crippen LogP contribution is -2.12. The van der Waals surface area contributed by atoms with Gasteiger partial charge in [-0.05, 0) is 19.9 Å². The van der Waals surface area contributed by atoms with Gasteiger partial charge in [-0.15, -0.1) is 5.26 Å². The first-order valence-electron chi connectivity index (χ1n) is 3.93. The number of rotatable bonds is 3. The topological polar surface area (TPSA) is 76.4 Å².